The highest BCUT2D eigenvalue weighted by atomic mass is 32.1. The molecule has 0 atom stereocenters. The molecule has 0 saturated heterocycles. The maximum Gasteiger partial charge on any atom is 0.223 e. The molecule has 0 aliphatic rings. The van der Waals surface area contributed by atoms with Crippen LogP contribution in [-0.4, -0.2) is 9.97 Å². The van der Waals surface area contributed by atoms with Crippen LogP contribution in [0.5, 0.6) is 0 Å². The average Bonchev–Trinajstić information content (AvgIpc) is 2.27. The van der Waals surface area contributed by atoms with E-state index < -0.39 is 0 Å². The summed E-state index contributed by atoms with van der Waals surface area (Å²) < 4.78 is 0. The van der Waals surface area contributed by atoms with Crippen LogP contribution in [0.3, 0.4) is 0 Å². The van der Waals surface area contributed by atoms with Crippen LogP contribution in [0.1, 0.15) is 10.4 Å². The number of thiophene rings is 1. The Bertz CT molecular complexity index is 474. The van der Waals surface area contributed by atoms with Gasteiger partial charge in [-0.25, -0.2) is 4.98 Å². The van der Waals surface area contributed by atoms with Crippen LogP contribution in [0, 0.1) is 13.8 Å². The topological polar surface area (TPSA) is 77.8 Å². The number of nitrogen functional groups attached to an aromatic ring is 2. The van der Waals surface area contributed by atoms with E-state index in [0.29, 0.717) is 5.82 Å². The fraction of sp³-hybridized carbons (Fsp3) is 0.250. The Hall–Kier alpha value is -1.36. The van der Waals surface area contributed by atoms with Gasteiger partial charge in [-0.15, -0.1) is 11.3 Å². The molecule has 4 nitrogen and oxygen atoms in total. The molecule has 13 heavy (non-hydrogen) atoms. The summed E-state index contributed by atoms with van der Waals surface area (Å²) in [5.41, 5.74) is 12.4. The minimum atomic E-state index is 0.242. The zero-order valence-electron chi connectivity index (χ0n) is 7.46. The molecule has 0 spiro atoms. The number of hydrogen-bond donors (Lipinski definition) is 2. The fourth-order valence-corrected chi connectivity index (χ4v) is 2.34. The molecule has 2 heterocycles. The first-order chi connectivity index (χ1) is 6.09. The highest BCUT2D eigenvalue weighted by molar-refractivity contribution is 7.18. The predicted molar refractivity (Wildman–Crippen MR) is 55.7 cm³/mol. The van der Waals surface area contributed by atoms with Gasteiger partial charge in [-0.05, 0) is 19.4 Å². The standard InChI is InChI=1S/C8H10N4S/c1-3-4(2)13-7-5(3)6(9)11-8(10)12-7/h1-2H3,(H4,9,10,11,12). The lowest BCUT2D eigenvalue weighted by molar-refractivity contribution is 1.25. The first-order valence-electron chi connectivity index (χ1n) is 3.88. The van der Waals surface area contributed by atoms with Crippen molar-refractivity contribution < 1.29 is 0 Å². The van der Waals surface area contributed by atoms with Crippen LogP contribution >= 0.6 is 11.3 Å². The summed E-state index contributed by atoms with van der Waals surface area (Å²) in [5, 5.41) is 0.941. The Labute approximate surface area is 79.6 Å². The summed E-state index contributed by atoms with van der Waals surface area (Å²) in [6, 6.07) is 0. The molecule has 0 amide bonds. The van der Waals surface area contributed by atoms with Crippen molar-refractivity contribution >= 4 is 33.3 Å². The van der Waals surface area contributed by atoms with Crippen LogP contribution in [0.4, 0.5) is 11.8 Å². The van der Waals surface area contributed by atoms with Gasteiger partial charge in [-0.3, -0.25) is 0 Å². The highest BCUT2D eigenvalue weighted by Gasteiger charge is 2.10. The molecule has 0 aromatic carbocycles. The summed E-state index contributed by atoms with van der Waals surface area (Å²) in [5.74, 6) is 0.718. The van der Waals surface area contributed by atoms with Crippen molar-refractivity contribution in [3.63, 3.8) is 0 Å². The third-order valence-electron chi connectivity index (χ3n) is 2.07. The van der Waals surface area contributed by atoms with Gasteiger partial charge >= 0.3 is 0 Å². The molecule has 2 rings (SSSR count). The number of fused-ring (bicyclic) bond motifs is 1. The first kappa shape index (κ1) is 8.25. The van der Waals surface area contributed by atoms with Crippen molar-refractivity contribution in [2.45, 2.75) is 13.8 Å². The number of nitrogens with two attached hydrogens (primary N) is 2. The molecule has 0 saturated carbocycles. The number of nitrogens with zero attached hydrogens (tertiary/aromatic N) is 2. The zero-order valence-corrected chi connectivity index (χ0v) is 8.27. The van der Waals surface area contributed by atoms with Gasteiger partial charge in [0, 0.05) is 4.88 Å². The van der Waals surface area contributed by atoms with E-state index in [9.17, 15) is 0 Å². The van der Waals surface area contributed by atoms with Gasteiger partial charge in [0.15, 0.2) is 0 Å². The van der Waals surface area contributed by atoms with Gasteiger partial charge in [-0.1, -0.05) is 0 Å². The van der Waals surface area contributed by atoms with Crippen molar-refractivity contribution in [2.24, 2.45) is 0 Å². The van der Waals surface area contributed by atoms with Crippen LogP contribution in [0.2, 0.25) is 0 Å². The minimum Gasteiger partial charge on any atom is -0.383 e. The first-order valence-corrected chi connectivity index (χ1v) is 4.70. The largest absolute Gasteiger partial charge is 0.383 e. The van der Waals surface area contributed by atoms with Gasteiger partial charge in [0.2, 0.25) is 5.95 Å². The molecule has 0 bridgehead atoms. The number of aryl methyl sites for hydroxylation is 2. The monoisotopic (exact) mass is 194 g/mol. The van der Waals surface area contributed by atoms with Crippen LogP contribution in [0.15, 0.2) is 0 Å². The van der Waals surface area contributed by atoms with Gasteiger partial charge in [0.05, 0.1) is 5.39 Å². The second-order valence-electron chi connectivity index (χ2n) is 2.93. The molecule has 0 unspecified atom stereocenters. The third-order valence-corrected chi connectivity index (χ3v) is 3.18. The third kappa shape index (κ3) is 1.12. The zero-order chi connectivity index (χ0) is 9.59. The Morgan fingerprint density at radius 3 is 2.54 bits per heavy atom. The normalized spacial score (nSPS) is 10.9. The van der Waals surface area contributed by atoms with Crippen molar-refractivity contribution in [1.82, 2.24) is 9.97 Å². The SMILES string of the molecule is Cc1sc2nc(N)nc(N)c2c1C. The van der Waals surface area contributed by atoms with E-state index in [1.807, 2.05) is 13.8 Å². The lowest BCUT2D eigenvalue weighted by Crippen LogP contribution is -1.99. The van der Waals surface area contributed by atoms with E-state index in [-0.39, 0.29) is 5.95 Å². The Morgan fingerprint density at radius 2 is 1.85 bits per heavy atom. The van der Waals surface area contributed by atoms with Crippen LogP contribution < -0.4 is 11.5 Å². The van der Waals surface area contributed by atoms with Crippen molar-refractivity contribution in [3.8, 4) is 0 Å². The van der Waals surface area contributed by atoms with E-state index in [2.05, 4.69) is 9.97 Å². The minimum absolute atomic E-state index is 0.242. The number of aromatic nitrogens is 2. The fourth-order valence-electron chi connectivity index (χ4n) is 1.30. The molecule has 68 valence electrons. The van der Waals surface area contributed by atoms with E-state index in [4.69, 9.17) is 11.5 Å². The predicted octanol–water partition coefficient (Wildman–Crippen LogP) is 1.47. The lowest BCUT2D eigenvalue weighted by atomic mass is 10.2. The molecule has 5 heteroatoms. The van der Waals surface area contributed by atoms with Crippen LogP contribution in [-0.2, 0) is 0 Å². The average molecular weight is 194 g/mol. The second kappa shape index (κ2) is 2.56. The maximum atomic E-state index is 5.75. The van der Waals surface area contributed by atoms with Gasteiger partial charge in [-0.2, -0.15) is 4.98 Å². The molecule has 2 aromatic heterocycles. The number of hydrogen-bond acceptors (Lipinski definition) is 5. The van der Waals surface area contributed by atoms with E-state index >= 15 is 0 Å². The molecule has 0 radical (unpaired) electrons. The van der Waals surface area contributed by atoms with Gasteiger partial charge in [0.25, 0.3) is 0 Å². The second-order valence-corrected chi connectivity index (χ2v) is 4.13. The summed E-state index contributed by atoms with van der Waals surface area (Å²) in [4.78, 5) is 10.1. The van der Waals surface area contributed by atoms with E-state index in [1.54, 1.807) is 11.3 Å². The summed E-state index contributed by atoms with van der Waals surface area (Å²) >= 11 is 1.60. The van der Waals surface area contributed by atoms with E-state index in [0.717, 1.165) is 15.8 Å². The number of rotatable bonds is 0. The van der Waals surface area contributed by atoms with Gasteiger partial charge in [0.1, 0.15) is 10.6 Å². The maximum absolute atomic E-state index is 5.75. The summed E-state index contributed by atoms with van der Waals surface area (Å²) in [6.45, 7) is 4.06. The highest BCUT2D eigenvalue weighted by Crippen LogP contribution is 2.31. The molecular weight excluding hydrogens is 184 g/mol. The Balaban J connectivity index is 2.94. The van der Waals surface area contributed by atoms with E-state index in [1.165, 1.54) is 4.88 Å². The lowest BCUT2D eigenvalue weighted by Gasteiger charge is -1.97. The van der Waals surface area contributed by atoms with Crippen molar-refractivity contribution in [2.75, 3.05) is 11.5 Å². The Kier molecular flexibility index (Phi) is 1.63. The quantitative estimate of drug-likeness (QED) is 0.665. The summed E-state index contributed by atoms with van der Waals surface area (Å²) in [6.07, 6.45) is 0. The molecule has 0 aliphatic heterocycles. The molecular formula is C8H10N4S. The summed E-state index contributed by atoms with van der Waals surface area (Å²) in [7, 11) is 0. The van der Waals surface area contributed by atoms with Gasteiger partial charge < -0.3 is 11.5 Å². The van der Waals surface area contributed by atoms with Crippen molar-refractivity contribution in [3.05, 3.63) is 10.4 Å². The van der Waals surface area contributed by atoms with Crippen molar-refractivity contribution in [1.29, 1.82) is 0 Å². The molecule has 4 N–H and O–H groups in total. The molecule has 2 aromatic rings. The molecule has 0 aliphatic carbocycles. The Morgan fingerprint density at radius 1 is 1.15 bits per heavy atom. The van der Waals surface area contributed by atoms with Crippen LogP contribution in [0.25, 0.3) is 10.2 Å². The smallest absolute Gasteiger partial charge is 0.223 e. The molecule has 0 fully saturated rings. The number of anilines is 2.